The Balaban J connectivity index is 1.97. The molecule has 2 rings (SSSR count). The third-order valence-electron chi connectivity index (χ3n) is 2.92. The average molecular weight is 330 g/mol. The minimum Gasteiger partial charge on any atom is -0.454 e. The fraction of sp³-hybridized carbons (Fsp3) is 0.429. The quantitative estimate of drug-likeness (QED) is 0.627. The van der Waals surface area contributed by atoms with Gasteiger partial charge in [-0.15, -0.1) is 0 Å². The molecule has 1 aromatic carbocycles. The normalized spacial score (nSPS) is 13.6. The van der Waals surface area contributed by atoms with E-state index in [2.05, 4.69) is 5.32 Å². The van der Waals surface area contributed by atoms with Crippen LogP contribution in [0.2, 0.25) is 5.02 Å². The van der Waals surface area contributed by atoms with Gasteiger partial charge >= 0.3 is 5.97 Å². The highest BCUT2D eigenvalue weighted by molar-refractivity contribution is 6.32. The number of nitrogens with one attached hydrogen (secondary N) is 1. The van der Waals surface area contributed by atoms with Gasteiger partial charge < -0.3 is 24.3 Å². The second kappa shape index (κ2) is 7.33. The summed E-state index contributed by atoms with van der Waals surface area (Å²) >= 11 is 6.00. The van der Waals surface area contributed by atoms with Crippen LogP contribution in [-0.4, -0.2) is 45.0 Å². The largest absolute Gasteiger partial charge is 0.454 e. The fourth-order valence-corrected chi connectivity index (χ4v) is 2.05. The molecule has 22 heavy (non-hydrogen) atoms. The molecule has 0 aliphatic carbocycles. The number of rotatable bonds is 6. The Labute approximate surface area is 132 Å². The van der Waals surface area contributed by atoms with Gasteiger partial charge in [0.05, 0.1) is 17.2 Å². The molecule has 8 heteroatoms. The van der Waals surface area contributed by atoms with Gasteiger partial charge in [0.2, 0.25) is 6.79 Å². The highest BCUT2D eigenvalue weighted by Crippen LogP contribution is 2.39. The summed E-state index contributed by atoms with van der Waals surface area (Å²) in [6.07, 6.45) is -0.937. The van der Waals surface area contributed by atoms with Crippen LogP contribution in [-0.2, 0) is 14.3 Å². The number of fused-ring (bicyclic) bond motifs is 1. The molecule has 0 aromatic heterocycles. The van der Waals surface area contributed by atoms with Crippen LogP contribution in [0.15, 0.2) is 12.1 Å². The van der Waals surface area contributed by atoms with Crippen molar-refractivity contribution in [2.75, 3.05) is 27.1 Å². The first-order chi connectivity index (χ1) is 10.5. The van der Waals surface area contributed by atoms with E-state index in [4.69, 9.17) is 30.5 Å². The maximum atomic E-state index is 12.1. The summed E-state index contributed by atoms with van der Waals surface area (Å²) < 4.78 is 20.2. The number of benzene rings is 1. The van der Waals surface area contributed by atoms with E-state index in [1.165, 1.54) is 26.2 Å². The zero-order valence-corrected chi connectivity index (χ0v) is 12.9. The van der Waals surface area contributed by atoms with E-state index in [-0.39, 0.29) is 17.4 Å². The van der Waals surface area contributed by atoms with Crippen LogP contribution in [0.5, 0.6) is 11.5 Å². The second-order valence-electron chi connectivity index (χ2n) is 4.52. The number of carbonyl (C=O) groups is 2. The molecule has 0 saturated heterocycles. The third kappa shape index (κ3) is 3.80. The molecule has 0 fully saturated rings. The molecule has 7 nitrogen and oxygen atoms in total. The topological polar surface area (TPSA) is 83.1 Å². The molecule has 1 amide bonds. The predicted octanol–water partition coefficient (Wildman–Crippen LogP) is 1.38. The summed E-state index contributed by atoms with van der Waals surface area (Å²) in [5.74, 6) is -0.313. The molecule has 120 valence electrons. The molecule has 0 unspecified atom stereocenters. The van der Waals surface area contributed by atoms with Crippen LogP contribution < -0.4 is 14.8 Å². The van der Waals surface area contributed by atoms with Crippen LogP contribution >= 0.6 is 11.6 Å². The summed E-state index contributed by atoms with van der Waals surface area (Å²) in [5.41, 5.74) is 0.186. The molecule has 1 aliphatic rings. The number of methoxy groups -OCH3 is 1. The first-order valence-electron chi connectivity index (χ1n) is 6.59. The van der Waals surface area contributed by atoms with E-state index in [9.17, 15) is 9.59 Å². The van der Waals surface area contributed by atoms with Crippen LogP contribution in [0.25, 0.3) is 0 Å². The fourth-order valence-electron chi connectivity index (χ4n) is 1.79. The Morgan fingerprint density at radius 1 is 1.41 bits per heavy atom. The van der Waals surface area contributed by atoms with Gasteiger partial charge in [0.25, 0.3) is 5.91 Å². The molecule has 0 bridgehead atoms. The monoisotopic (exact) mass is 329 g/mol. The standard InChI is InChI=1S/C14H16ClNO6/c1-8(13(17)16-3-4-19-2)22-14(18)9-5-10(15)12-11(6-9)20-7-21-12/h5-6,8H,3-4,7H2,1-2H3,(H,16,17)/t8-/m0/s1. The summed E-state index contributed by atoms with van der Waals surface area (Å²) in [6.45, 7) is 2.25. The van der Waals surface area contributed by atoms with Crippen molar-refractivity contribution in [3.05, 3.63) is 22.7 Å². The van der Waals surface area contributed by atoms with Crippen LogP contribution in [0.1, 0.15) is 17.3 Å². The number of ether oxygens (including phenoxy) is 4. The predicted molar refractivity (Wildman–Crippen MR) is 77.3 cm³/mol. The molecule has 1 N–H and O–H groups in total. The van der Waals surface area contributed by atoms with Gasteiger partial charge in [0.1, 0.15) is 0 Å². The molecule has 0 spiro atoms. The molecule has 1 aliphatic heterocycles. The Kier molecular flexibility index (Phi) is 5.46. The zero-order valence-electron chi connectivity index (χ0n) is 12.2. The van der Waals surface area contributed by atoms with E-state index in [0.29, 0.717) is 24.7 Å². The highest BCUT2D eigenvalue weighted by atomic mass is 35.5. The summed E-state index contributed by atoms with van der Waals surface area (Å²) in [6, 6.07) is 2.87. The lowest BCUT2D eigenvalue weighted by molar-refractivity contribution is -0.129. The van der Waals surface area contributed by atoms with E-state index < -0.39 is 18.0 Å². The van der Waals surface area contributed by atoms with Gasteiger partial charge in [-0.25, -0.2) is 4.79 Å². The molecular formula is C14H16ClNO6. The minimum atomic E-state index is -0.937. The van der Waals surface area contributed by atoms with Gasteiger partial charge in [0.15, 0.2) is 17.6 Å². The maximum Gasteiger partial charge on any atom is 0.339 e. The van der Waals surface area contributed by atoms with E-state index in [1.807, 2.05) is 0 Å². The first kappa shape index (κ1) is 16.4. The van der Waals surface area contributed by atoms with Crippen molar-refractivity contribution in [1.29, 1.82) is 0 Å². The van der Waals surface area contributed by atoms with E-state index in [1.54, 1.807) is 0 Å². The Hall–Kier alpha value is -1.99. The van der Waals surface area contributed by atoms with Crippen molar-refractivity contribution >= 4 is 23.5 Å². The van der Waals surface area contributed by atoms with Crippen molar-refractivity contribution in [2.24, 2.45) is 0 Å². The lowest BCUT2D eigenvalue weighted by Gasteiger charge is -2.13. The molecule has 0 saturated carbocycles. The Morgan fingerprint density at radius 2 is 2.18 bits per heavy atom. The highest BCUT2D eigenvalue weighted by Gasteiger charge is 2.23. The van der Waals surface area contributed by atoms with Gasteiger partial charge in [0, 0.05) is 13.7 Å². The smallest absolute Gasteiger partial charge is 0.339 e. The number of hydrogen-bond donors (Lipinski definition) is 1. The molecule has 0 radical (unpaired) electrons. The van der Waals surface area contributed by atoms with Crippen LogP contribution in [0, 0.1) is 0 Å². The maximum absolute atomic E-state index is 12.1. The lowest BCUT2D eigenvalue weighted by atomic mass is 10.2. The number of amides is 1. The molecule has 1 heterocycles. The number of hydrogen-bond acceptors (Lipinski definition) is 6. The van der Waals surface area contributed by atoms with Crippen molar-refractivity contribution < 1.29 is 28.5 Å². The first-order valence-corrected chi connectivity index (χ1v) is 6.97. The molecular weight excluding hydrogens is 314 g/mol. The minimum absolute atomic E-state index is 0.0475. The lowest BCUT2D eigenvalue weighted by Crippen LogP contribution is -2.37. The molecule has 1 atom stereocenters. The van der Waals surface area contributed by atoms with Crippen LogP contribution in [0.4, 0.5) is 0 Å². The summed E-state index contributed by atoms with van der Waals surface area (Å²) in [5, 5.41) is 2.83. The number of esters is 1. The van der Waals surface area contributed by atoms with Gasteiger partial charge in [-0.1, -0.05) is 11.6 Å². The van der Waals surface area contributed by atoms with Gasteiger partial charge in [-0.05, 0) is 19.1 Å². The third-order valence-corrected chi connectivity index (χ3v) is 3.20. The molecule has 1 aromatic rings. The SMILES string of the molecule is COCCNC(=O)[C@H](C)OC(=O)c1cc(Cl)c2c(c1)OCO2. The van der Waals surface area contributed by atoms with Crippen molar-refractivity contribution in [2.45, 2.75) is 13.0 Å². The second-order valence-corrected chi connectivity index (χ2v) is 4.93. The van der Waals surface area contributed by atoms with Crippen molar-refractivity contribution in [3.8, 4) is 11.5 Å². The average Bonchev–Trinajstić information content (AvgIpc) is 2.96. The van der Waals surface area contributed by atoms with Crippen LogP contribution in [0.3, 0.4) is 0 Å². The number of halogens is 1. The van der Waals surface area contributed by atoms with Crippen molar-refractivity contribution in [1.82, 2.24) is 5.32 Å². The summed E-state index contributed by atoms with van der Waals surface area (Å²) in [7, 11) is 1.53. The number of carbonyl (C=O) groups excluding carboxylic acids is 2. The Bertz CT molecular complexity index is 577. The summed E-state index contributed by atoms with van der Waals surface area (Å²) in [4.78, 5) is 23.8. The van der Waals surface area contributed by atoms with E-state index in [0.717, 1.165) is 0 Å². The van der Waals surface area contributed by atoms with Crippen molar-refractivity contribution in [3.63, 3.8) is 0 Å². The Morgan fingerprint density at radius 3 is 2.91 bits per heavy atom. The zero-order chi connectivity index (χ0) is 16.1. The van der Waals surface area contributed by atoms with Gasteiger partial charge in [-0.3, -0.25) is 4.79 Å². The van der Waals surface area contributed by atoms with E-state index >= 15 is 0 Å². The van der Waals surface area contributed by atoms with Gasteiger partial charge in [-0.2, -0.15) is 0 Å².